The molecule has 0 atom stereocenters. The van der Waals surface area contributed by atoms with Crippen molar-refractivity contribution in [3.63, 3.8) is 0 Å². The predicted molar refractivity (Wildman–Crippen MR) is 98.0 cm³/mol. The van der Waals surface area contributed by atoms with Crippen LogP contribution >= 0.6 is 23.2 Å². The first-order valence-electron chi connectivity index (χ1n) is 7.38. The summed E-state index contributed by atoms with van der Waals surface area (Å²) in [5, 5.41) is 3.49. The number of carbonyl (C=O) groups is 2. The van der Waals surface area contributed by atoms with Crippen molar-refractivity contribution in [1.82, 2.24) is 0 Å². The van der Waals surface area contributed by atoms with Gasteiger partial charge in [0, 0.05) is 19.1 Å². The zero-order chi connectivity index (χ0) is 18.4. The molecule has 0 aliphatic heterocycles. The molecule has 0 saturated carbocycles. The lowest BCUT2D eigenvalue weighted by Crippen LogP contribution is -2.18. The second kappa shape index (κ2) is 8.85. The number of hydrogen-bond donors (Lipinski definition) is 1. The fourth-order valence-corrected chi connectivity index (χ4v) is 2.55. The minimum absolute atomic E-state index is 0.0927. The van der Waals surface area contributed by atoms with Gasteiger partial charge < -0.3 is 14.8 Å². The summed E-state index contributed by atoms with van der Waals surface area (Å²) >= 11 is 11.9. The van der Waals surface area contributed by atoms with E-state index in [1.165, 1.54) is 14.2 Å². The lowest BCUT2D eigenvalue weighted by molar-refractivity contribution is -0.119. The summed E-state index contributed by atoms with van der Waals surface area (Å²) in [5.41, 5.74) is 1.60. The Morgan fingerprint density at radius 2 is 1.80 bits per heavy atom. The predicted octanol–water partition coefficient (Wildman–Crippen LogP) is 4.01. The van der Waals surface area contributed by atoms with E-state index in [4.69, 9.17) is 32.7 Å². The average Bonchev–Trinajstić information content (AvgIpc) is 2.58. The quantitative estimate of drug-likeness (QED) is 0.735. The molecule has 132 valence electrons. The van der Waals surface area contributed by atoms with Gasteiger partial charge in [0.2, 0.25) is 5.91 Å². The maximum absolute atomic E-state index is 12.5. The third kappa shape index (κ3) is 5.19. The van der Waals surface area contributed by atoms with Crippen molar-refractivity contribution in [3.8, 4) is 5.75 Å². The van der Waals surface area contributed by atoms with E-state index in [2.05, 4.69) is 5.32 Å². The Morgan fingerprint density at radius 1 is 1.04 bits per heavy atom. The van der Waals surface area contributed by atoms with Crippen LogP contribution < -0.4 is 10.1 Å². The topological polar surface area (TPSA) is 64.6 Å². The second-order valence-corrected chi connectivity index (χ2v) is 6.06. The van der Waals surface area contributed by atoms with E-state index >= 15 is 0 Å². The molecule has 0 aromatic heterocycles. The Hall–Kier alpha value is -2.08. The van der Waals surface area contributed by atoms with E-state index in [0.29, 0.717) is 27.0 Å². The molecule has 0 aliphatic rings. The van der Waals surface area contributed by atoms with Crippen LogP contribution in [0, 0.1) is 0 Å². The SMILES string of the molecule is COCC(=O)Nc1cc(C(=O)Cc2ccc(Cl)c(Cl)c2)ccc1OC. The van der Waals surface area contributed by atoms with E-state index in [-0.39, 0.29) is 24.7 Å². The van der Waals surface area contributed by atoms with Gasteiger partial charge >= 0.3 is 0 Å². The van der Waals surface area contributed by atoms with Crippen LogP contribution in [0.1, 0.15) is 15.9 Å². The summed E-state index contributed by atoms with van der Waals surface area (Å²) in [4.78, 5) is 24.2. The highest BCUT2D eigenvalue weighted by Gasteiger charge is 2.13. The first-order valence-corrected chi connectivity index (χ1v) is 8.14. The monoisotopic (exact) mass is 381 g/mol. The third-order valence-corrected chi connectivity index (χ3v) is 4.16. The Bertz CT molecular complexity index is 793. The summed E-state index contributed by atoms with van der Waals surface area (Å²) in [6, 6.07) is 9.90. The maximum atomic E-state index is 12.5. The molecule has 2 aromatic rings. The molecule has 1 amide bonds. The summed E-state index contributed by atoms with van der Waals surface area (Å²) in [7, 11) is 2.91. The number of carbonyl (C=O) groups excluding carboxylic acids is 2. The molecule has 0 aliphatic carbocycles. The Balaban J connectivity index is 2.21. The molecule has 0 bridgehead atoms. The van der Waals surface area contributed by atoms with E-state index in [1.54, 1.807) is 36.4 Å². The van der Waals surface area contributed by atoms with Gasteiger partial charge in [-0.1, -0.05) is 29.3 Å². The third-order valence-electron chi connectivity index (χ3n) is 3.42. The number of hydrogen-bond acceptors (Lipinski definition) is 4. The van der Waals surface area contributed by atoms with Crippen LogP contribution in [0.5, 0.6) is 5.75 Å². The molecule has 0 heterocycles. The second-order valence-electron chi connectivity index (χ2n) is 5.24. The highest BCUT2D eigenvalue weighted by atomic mass is 35.5. The fourth-order valence-electron chi connectivity index (χ4n) is 2.23. The molecule has 0 unspecified atom stereocenters. The Morgan fingerprint density at radius 3 is 2.44 bits per heavy atom. The Labute approximate surface area is 155 Å². The molecule has 0 fully saturated rings. The largest absolute Gasteiger partial charge is 0.495 e. The zero-order valence-electron chi connectivity index (χ0n) is 13.8. The number of ether oxygens (including phenoxy) is 2. The van der Waals surface area contributed by atoms with Gasteiger partial charge in [-0.2, -0.15) is 0 Å². The number of benzene rings is 2. The van der Waals surface area contributed by atoms with Gasteiger partial charge in [-0.05, 0) is 35.9 Å². The average molecular weight is 382 g/mol. The molecule has 2 rings (SSSR count). The van der Waals surface area contributed by atoms with Crippen molar-refractivity contribution in [2.75, 3.05) is 26.1 Å². The van der Waals surface area contributed by atoms with Crippen molar-refractivity contribution in [3.05, 3.63) is 57.6 Å². The summed E-state index contributed by atoms with van der Waals surface area (Å²) < 4.78 is 9.99. The van der Waals surface area contributed by atoms with E-state index in [1.807, 2.05) is 0 Å². The van der Waals surface area contributed by atoms with Gasteiger partial charge in [0.05, 0.1) is 22.8 Å². The number of methoxy groups -OCH3 is 2. The van der Waals surface area contributed by atoms with E-state index < -0.39 is 0 Å². The van der Waals surface area contributed by atoms with Crippen LogP contribution in [0.15, 0.2) is 36.4 Å². The van der Waals surface area contributed by atoms with Gasteiger partial charge in [0.1, 0.15) is 12.4 Å². The van der Waals surface area contributed by atoms with Crippen molar-refractivity contribution < 1.29 is 19.1 Å². The first kappa shape index (κ1) is 19.2. The van der Waals surface area contributed by atoms with Crippen LogP contribution in [0.2, 0.25) is 10.0 Å². The molecule has 5 nitrogen and oxygen atoms in total. The number of ketones is 1. The highest BCUT2D eigenvalue weighted by Crippen LogP contribution is 2.27. The molecule has 7 heteroatoms. The molecular weight excluding hydrogens is 365 g/mol. The van der Waals surface area contributed by atoms with Crippen LogP contribution in [-0.2, 0) is 16.0 Å². The number of halogens is 2. The number of anilines is 1. The van der Waals surface area contributed by atoms with Crippen LogP contribution in [0.4, 0.5) is 5.69 Å². The fraction of sp³-hybridized carbons (Fsp3) is 0.222. The molecule has 2 aromatic carbocycles. The summed E-state index contributed by atoms with van der Waals surface area (Å²) in [5.74, 6) is -0.00583. The number of rotatable bonds is 7. The summed E-state index contributed by atoms with van der Waals surface area (Å²) in [6.07, 6.45) is 0.161. The lowest BCUT2D eigenvalue weighted by atomic mass is 10.0. The van der Waals surface area contributed by atoms with Gasteiger partial charge in [-0.15, -0.1) is 0 Å². The maximum Gasteiger partial charge on any atom is 0.250 e. The van der Waals surface area contributed by atoms with Crippen LogP contribution in [-0.4, -0.2) is 32.5 Å². The normalized spacial score (nSPS) is 10.4. The molecule has 0 spiro atoms. The van der Waals surface area contributed by atoms with Crippen molar-refractivity contribution in [2.45, 2.75) is 6.42 Å². The van der Waals surface area contributed by atoms with Crippen LogP contribution in [0.25, 0.3) is 0 Å². The molecule has 0 radical (unpaired) electrons. The van der Waals surface area contributed by atoms with Crippen molar-refractivity contribution >= 4 is 40.6 Å². The van der Waals surface area contributed by atoms with Gasteiger partial charge in [0.25, 0.3) is 0 Å². The van der Waals surface area contributed by atoms with E-state index in [0.717, 1.165) is 5.56 Å². The Kier molecular flexibility index (Phi) is 6.82. The molecule has 1 N–H and O–H groups in total. The minimum Gasteiger partial charge on any atom is -0.495 e. The molecule has 25 heavy (non-hydrogen) atoms. The molecule has 0 saturated heterocycles. The van der Waals surface area contributed by atoms with Gasteiger partial charge in [0.15, 0.2) is 5.78 Å². The van der Waals surface area contributed by atoms with E-state index in [9.17, 15) is 9.59 Å². The smallest absolute Gasteiger partial charge is 0.250 e. The lowest BCUT2D eigenvalue weighted by Gasteiger charge is -2.12. The minimum atomic E-state index is -0.338. The number of Topliss-reactive ketones (excluding diaryl/α,β-unsaturated/α-hetero) is 1. The molecular formula is C18H17Cl2NO4. The first-order chi connectivity index (χ1) is 11.9. The highest BCUT2D eigenvalue weighted by molar-refractivity contribution is 6.42. The summed E-state index contributed by atoms with van der Waals surface area (Å²) in [6.45, 7) is -0.0927. The van der Waals surface area contributed by atoms with Crippen LogP contribution in [0.3, 0.4) is 0 Å². The van der Waals surface area contributed by atoms with Crippen molar-refractivity contribution in [1.29, 1.82) is 0 Å². The van der Waals surface area contributed by atoms with Gasteiger partial charge in [-0.25, -0.2) is 0 Å². The van der Waals surface area contributed by atoms with Gasteiger partial charge in [-0.3, -0.25) is 9.59 Å². The zero-order valence-corrected chi connectivity index (χ0v) is 15.3. The number of nitrogens with one attached hydrogen (secondary N) is 1. The van der Waals surface area contributed by atoms with Crippen molar-refractivity contribution in [2.24, 2.45) is 0 Å². The standard InChI is InChI=1S/C18H17Cl2NO4/c1-24-10-18(23)21-15-9-12(4-6-17(15)25-2)16(22)8-11-3-5-13(19)14(20)7-11/h3-7,9H,8,10H2,1-2H3,(H,21,23). The number of amides is 1.